The van der Waals surface area contributed by atoms with Crippen molar-refractivity contribution in [3.63, 3.8) is 0 Å². The number of rotatable bonds is 1. The lowest BCUT2D eigenvalue weighted by Crippen LogP contribution is -1.64. The molecule has 0 fully saturated rings. The second kappa shape index (κ2) is 4.90. The monoisotopic (exact) mass is 378 g/mol. The van der Waals surface area contributed by atoms with Crippen molar-refractivity contribution in [1.82, 2.24) is 0 Å². The molecule has 0 saturated carbocycles. The second-order valence-electron chi connectivity index (χ2n) is 5.84. The Morgan fingerprint density at radius 1 is 0.458 bits per heavy atom. The summed E-state index contributed by atoms with van der Waals surface area (Å²) in [6.45, 7) is 0. The van der Waals surface area contributed by atoms with Crippen LogP contribution in [-0.2, 0) is 0 Å². The van der Waals surface area contributed by atoms with Gasteiger partial charge >= 0.3 is 0 Å². The topological polar surface area (TPSA) is 0 Å². The lowest BCUT2D eigenvalue weighted by atomic mass is 10.1. The molecule has 24 heavy (non-hydrogen) atoms. The molecule has 0 radical (unpaired) electrons. The number of hydrogen-bond donors (Lipinski definition) is 0. The van der Waals surface area contributed by atoms with Crippen LogP contribution in [0.4, 0.5) is 0 Å². The van der Waals surface area contributed by atoms with E-state index in [-0.39, 0.29) is 0 Å². The molecule has 6 rings (SSSR count). The van der Waals surface area contributed by atoms with E-state index in [1.54, 1.807) is 0 Å². The van der Waals surface area contributed by atoms with E-state index in [4.69, 9.17) is 0 Å². The van der Waals surface area contributed by atoms with Crippen LogP contribution >= 0.6 is 45.3 Å². The van der Waals surface area contributed by atoms with Gasteiger partial charge < -0.3 is 0 Å². The van der Waals surface area contributed by atoms with E-state index in [1.165, 1.54) is 50.1 Å². The minimum absolute atomic E-state index is 1.38. The molecule has 0 spiro atoms. The molecule has 0 nitrogen and oxygen atoms in total. The van der Waals surface area contributed by atoms with Crippen LogP contribution in [0.5, 0.6) is 0 Å². The van der Waals surface area contributed by atoms with Gasteiger partial charge in [0.2, 0.25) is 0 Å². The third-order valence-corrected chi connectivity index (χ3v) is 8.67. The largest absolute Gasteiger partial charge is 0.144 e. The van der Waals surface area contributed by atoms with Crippen molar-refractivity contribution in [2.45, 2.75) is 0 Å². The highest BCUT2D eigenvalue weighted by Gasteiger charge is 2.12. The van der Waals surface area contributed by atoms with Gasteiger partial charge in [0.15, 0.2) is 0 Å². The highest BCUT2D eigenvalue weighted by Crippen LogP contribution is 2.44. The van der Waals surface area contributed by atoms with Gasteiger partial charge in [-0.15, -0.1) is 45.3 Å². The summed E-state index contributed by atoms with van der Waals surface area (Å²) in [6, 6.07) is 18.3. The predicted octanol–water partition coefficient (Wildman–Crippen LogP) is 8.21. The van der Waals surface area contributed by atoms with E-state index in [1.807, 2.05) is 45.3 Å². The summed E-state index contributed by atoms with van der Waals surface area (Å²) >= 11 is 7.46. The molecule has 114 valence electrons. The zero-order chi connectivity index (χ0) is 15.7. The Hall–Kier alpha value is -1.72. The van der Waals surface area contributed by atoms with Crippen LogP contribution in [0, 0.1) is 0 Å². The maximum Gasteiger partial charge on any atom is 0.0455 e. The fourth-order valence-corrected chi connectivity index (χ4v) is 7.20. The van der Waals surface area contributed by atoms with Gasteiger partial charge in [0.1, 0.15) is 0 Å². The van der Waals surface area contributed by atoms with E-state index in [9.17, 15) is 0 Å². The molecular weight excluding hydrogens is 368 g/mol. The quantitative estimate of drug-likeness (QED) is 0.270. The maximum atomic E-state index is 2.38. The fraction of sp³-hybridized carbons (Fsp3) is 0. The summed E-state index contributed by atoms with van der Waals surface area (Å²) in [4.78, 5) is 2.77. The Morgan fingerprint density at radius 3 is 1.42 bits per heavy atom. The minimum atomic E-state index is 1.38. The van der Waals surface area contributed by atoms with Crippen LogP contribution in [0.3, 0.4) is 0 Å². The van der Waals surface area contributed by atoms with Crippen molar-refractivity contribution in [3.8, 4) is 9.75 Å². The van der Waals surface area contributed by atoms with Crippen molar-refractivity contribution >= 4 is 85.7 Å². The lowest BCUT2D eigenvalue weighted by Gasteiger charge is -1.90. The highest BCUT2D eigenvalue weighted by molar-refractivity contribution is 7.29. The third-order valence-electron chi connectivity index (χ3n) is 4.51. The summed E-state index contributed by atoms with van der Waals surface area (Å²) in [6.07, 6.45) is 0. The first-order valence-corrected chi connectivity index (χ1v) is 11.1. The average molecular weight is 379 g/mol. The van der Waals surface area contributed by atoms with Crippen LogP contribution < -0.4 is 0 Å². The molecule has 0 saturated heterocycles. The number of thiophene rings is 4. The van der Waals surface area contributed by atoms with Gasteiger partial charge in [0.25, 0.3) is 0 Å². The van der Waals surface area contributed by atoms with E-state index < -0.39 is 0 Å². The van der Waals surface area contributed by atoms with Crippen molar-refractivity contribution < 1.29 is 0 Å². The van der Waals surface area contributed by atoms with E-state index in [0.717, 1.165) is 0 Å². The van der Waals surface area contributed by atoms with Gasteiger partial charge in [-0.25, -0.2) is 0 Å². The lowest BCUT2D eigenvalue weighted by molar-refractivity contribution is 1.99. The summed E-state index contributed by atoms with van der Waals surface area (Å²) < 4.78 is 5.52. The van der Waals surface area contributed by atoms with Crippen LogP contribution in [0.25, 0.3) is 50.1 Å². The smallest absolute Gasteiger partial charge is 0.0455 e. The Morgan fingerprint density at radius 2 is 0.917 bits per heavy atom. The first-order valence-electron chi connectivity index (χ1n) is 7.67. The fourth-order valence-electron chi connectivity index (χ4n) is 3.37. The van der Waals surface area contributed by atoms with Crippen LogP contribution in [0.1, 0.15) is 0 Å². The van der Waals surface area contributed by atoms with Crippen LogP contribution in [-0.4, -0.2) is 0 Å². The molecule has 4 heteroatoms. The van der Waals surface area contributed by atoms with Crippen LogP contribution in [0.15, 0.2) is 59.3 Å². The molecule has 0 bridgehead atoms. The molecule has 0 aliphatic heterocycles. The third kappa shape index (κ3) is 1.82. The number of hydrogen-bond acceptors (Lipinski definition) is 4. The molecule has 4 heterocycles. The summed E-state index contributed by atoms with van der Waals surface area (Å²) in [7, 11) is 0. The number of benzene rings is 2. The van der Waals surface area contributed by atoms with Gasteiger partial charge in [-0.2, -0.15) is 0 Å². The predicted molar refractivity (Wildman–Crippen MR) is 113 cm³/mol. The van der Waals surface area contributed by atoms with E-state index in [2.05, 4.69) is 59.3 Å². The van der Waals surface area contributed by atoms with E-state index >= 15 is 0 Å². The van der Waals surface area contributed by atoms with Crippen molar-refractivity contribution in [1.29, 1.82) is 0 Å². The standard InChI is InChI=1S/C20H10S4/c1-3-17-13(11-5-7-21-15(1)11)9-19(23-17)20-10-14-12-6-8-22-16(12)2-4-18(14)24-20/h1-10H. The summed E-state index contributed by atoms with van der Waals surface area (Å²) in [5, 5.41) is 9.95. The first-order chi connectivity index (χ1) is 11.9. The van der Waals surface area contributed by atoms with Gasteiger partial charge in [0.05, 0.1) is 0 Å². The van der Waals surface area contributed by atoms with Gasteiger partial charge in [-0.3, -0.25) is 0 Å². The Labute approximate surface area is 154 Å². The molecule has 2 aromatic carbocycles. The highest BCUT2D eigenvalue weighted by atomic mass is 32.1. The Bertz CT molecular complexity index is 1250. The second-order valence-corrected chi connectivity index (χ2v) is 9.90. The Kier molecular flexibility index (Phi) is 2.77. The first kappa shape index (κ1) is 13.6. The molecule has 0 aliphatic rings. The van der Waals surface area contributed by atoms with Gasteiger partial charge in [-0.05, 0) is 59.3 Å². The molecule has 0 N–H and O–H groups in total. The molecule has 6 aromatic rings. The normalized spacial score (nSPS) is 12.2. The Balaban J connectivity index is 1.64. The van der Waals surface area contributed by atoms with Crippen molar-refractivity contribution in [3.05, 3.63) is 59.3 Å². The zero-order valence-corrected chi connectivity index (χ0v) is 15.7. The van der Waals surface area contributed by atoms with Gasteiger partial charge in [0, 0.05) is 50.1 Å². The molecular formula is C20H10S4. The van der Waals surface area contributed by atoms with Gasteiger partial charge in [-0.1, -0.05) is 0 Å². The zero-order valence-electron chi connectivity index (χ0n) is 12.4. The molecule has 4 aromatic heterocycles. The summed E-state index contributed by atoms with van der Waals surface area (Å²) in [5.41, 5.74) is 0. The molecule has 0 atom stereocenters. The molecule has 0 aliphatic carbocycles. The number of fused-ring (bicyclic) bond motifs is 6. The average Bonchev–Trinajstić information content (AvgIpc) is 3.36. The molecule has 0 amide bonds. The van der Waals surface area contributed by atoms with Crippen molar-refractivity contribution in [2.75, 3.05) is 0 Å². The maximum absolute atomic E-state index is 2.38. The summed E-state index contributed by atoms with van der Waals surface area (Å²) in [5.74, 6) is 0. The molecule has 0 unspecified atom stereocenters. The minimum Gasteiger partial charge on any atom is -0.144 e. The van der Waals surface area contributed by atoms with E-state index in [0.29, 0.717) is 0 Å². The van der Waals surface area contributed by atoms with Crippen LogP contribution in [0.2, 0.25) is 0 Å². The SMILES string of the molecule is c1cc2c(ccc3sc(-c4cc5c(ccc6sccc65)s4)cc32)s1. The van der Waals surface area contributed by atoms with Crippen molar-refractivity contribution in [2.24, 2.45) is 0 Å².